The predicted molar refractivity (Wildman–Crippen MR) is 53.8 cm³/mol. The molecule has 0 N–H and O–H groups in total. The standard InChI is InChI=1S/C10H8ClNO/c1-2-6-13-12-8-9-4-3-5-10(11)7-9/h1,3-5,7-8H,6H2/b12-8+. The molecule has 1 aromatic rings. The van der Waals surface area contributed by atoms with Gasteiger partial charge < -0.3 is 4.84 Å². The lowest BCUT2D eigenvalue weighted by Gasteiger charge is -1.93. The van der Waals surface area contributed by atoms with Crippen molar-refractivity contribution in [2.75, 3.05) is 6.61 Å². The zero-order chi connectivity index (χ0) is 9.52. The van der Waals surface area contributed by atoms with Gasteiger partial charge in [-0.1, -0.05) is 34.8 Å². The summed E-state index contributed by atoms with van der Waals surface area (Å²) < 4.78 is 0. The fraction of sp³-hybridized carbons (Fsp3) is 0.100. The van der Waals surface area contributed by atoms with Crippen LogP contribution in [0.3, 0.4) is 0 Å². The molecule has 1 rings (SSSR count). The number of halogens is 1. The topological polar surface area (TPSA) is 21.6 Å². The van der Waals surface area contributed by atoms with Gasteiger partial charge in [0.2, 0.25) is 0 Å². The van der Waals surface area contributed by atoms with Crippen molar-refractivity contribution in [3.05, 3.63) is 34.9 Å². The summed E-state index contributed by atoms with van der Waals surface area (Å²) in [4.78, 5) is 4.72. The Balaban J connectivity index is 2.54. The minimum absolute atomic E-state index is 0.178. The van der Waals surface area contributed by atoms with Gasteiger partial charge in [0.15, 0.2) is 6.61 Å². The van der Waals surface area contributed by atoms with E-state index in [2.05, 4.69) is 11.1 Å². The molecular weight excluding hydrogens is 186 g/mol. The van der Waals surface area contributed by atoms with Gasteiger partial charge >= 0.3 is 0 Å². The van der Waals surface area contributed by atoms with Gasteiger partial charge in [-0.2, -0.15) is 0 Å². The Hall–Kier alpha value is -1.46. The van der Waals surface area contributed by atoms with Crippen molar-refractivity contribution in [1.82, 2.24) is 0 Å². The third-order valence-corrected chi connectivity index (χ3v) is 1.51. The summed E-state index contributed by atoms with van der Waals surface area (Å²) in [7, 11) is 0. The van der Waals surface area contributed by atoms with Crippen LogP contribution < -0.4 is 0 Å². The lowest BCUT2D eigenvalue weighted by molar-refractivity contribution is 0.181. The Morgan fingerprint density at radius 1 is 1.62 bits per heavy atom. The molecule has 0 heterocycles. The van der Waals surface area contributed by atoms with Gasteiger partial charge in [0.1, 0.15) is 0 Å². The molecule has 0 aliphatic carbocycles. The number of rotatable bonds is 3. The molecule has 0 atom stereocenters. The Morgan fingerprint density at radius 3 is 3.15 bits per heavy atom. The van der Waals surface area contributed by atoms with Crippen LogP contribution in [-0.4, -0.2) is 12.8 Å². The molecule has 66 valence electrons. The van der Waals surface area contributed by atoms with Crippen LogP contribution in [0.25, 0.3) is 0 Å². The summed E-state index contributed by atoms with van der Waals surface area (Å²) in [6.45, 7) is 0.178. The maximum atomic E-state index is 5.75. The Kier molecular flexibility index (Phi) is 3.87. The number of hydrogen-bond donors (Lipinski definition) is 0. The average molecular weight is 194 g/mol. The van der Waals surface area contributed by atoms with Gasteiger partial charge in [-0.3, -0.25) is 0 Å². The second-order valence-corrected chi connectivity index (χ2v) is 2.70. The van der Waals surface area contributed by atoms with Crippen LogP contribution >= 0.6 is 11.6 Å². The molecule has 0 radical (unpaired) electrons. The quantitative estimate of drug-likeness (QED) is 0.313. The molecule has 0 spiro atoms. The zero-order valence-electron chi connectivity index (χ0n) is 6.90. The van der Waals surface area contributed by atoms with Crippen LogP contribution in [0.15, 0.2) is 29.4 Å². The molecule has 3 heteroatoms. The van der Waals surface area contributed by atoms with Crippen LogP contribution in [0, 0.1) is 12.3 Å². The maximum Gasteiger partial charge on any atom is 0.177 e. The van der Waals surface area contributed by atoms with Crippen molar-refractivity contribution in [3.63, 3.8) is 0 Å². The molecule has 0 unspecified atom stereocenters. The molecule has 0 aliphatic rings. The van der Waals surface area contributed by atoms with Crippen LogP contribution in [0.4, 0.5) is 0 Å². The van der Waals surface area contributed by atoms with Gasteiger partial charge in [-0.15, -0.1) is 6.42 Å². The molecular formula is C10H8ClNO. The minimum atomic E-state index is 0.178. The first-order valence-corrected chi connectivity index (χ1v) is 4.05. The Morgan fingerprint density at radius 2 is 2.46 bits per heavy atom. The SMILES string of the molecule is C#CCO/N=C/c1cccc(Cl)c1. The fourth-order valence-corrected chi connectivity index (χ4v) is 0.958. The zero-order valence-corrected chi connectivity index (χ0v) is 7.66. The van der Waals surface area contributed by atoms with E-state index in [-0.39, 0.29) is 6.61 Å². The third-order valence-electron chi connectivity index (χ3n) is 1.27. The summed E-state index contributed by atoms with van der Waals surface area (Å²) in [5.74, 6) is 2.30. The Bertz CT molecular complexity index is 341. The first kappa shape index (κ1) is 9.63. The van der Waals surface area contributed by atoms with Gasteiger partial charge in [0.05, 0.1) is 6.21 Å². The van der Waals surface area contributed by atoms with E-state index in [4.69, 9.17) is 22.9 Å². The van der Waals surface area contributed by atoms with Crippen molar-refractivity contribution in [3.8, 4) is 12.3 Å². The predicted octanol–water partition coefficient (Wildman–Crippen LogP) is 2.32. The first-order valence-electron chi connectivity index (χ1n) is 3.67. The van der Waals surface area contributed by atoms with E-state index < -0.39 is 0 Å². The third kappa shape index (κ3) is 3.64. The van der Waals surface area contributed by atoms with E-state index in [1.165, 1.54) is 0 Å². The lowest BCUT2D eigenvalue weighted by Crippen LogP contribution is -1.85. The smallest absolute Gasteiger partial charge is 0.177 e. The second-order valence-electron chi connectivity index (χ2n) is 2.27. The van der Waals surface area contributed by atoms with Crippen molar-refractivity contribution < 1.29 is 4.84 Å². The number of terminal acetylenes is 1. The van der Waals surface area contributed by atoms with Gasteiger partial charge in [-0.05, 0) is 17.7 Å². The van der Waals surface area contributed by atoms with Crippen LogP contribution in [0.1, 0.15) is 5.56 Å². The summed E-state index contributed by atoms with van der Waals surface area (Å²) in [6.07, 6.45) is 6.52. The molecule has 2 nitrogen and oxygen atoms in total. The van der Waals surface area contributed by atoms with Crippen LogP contribution in [0.2, 0.25) is 5.02 Å². The highest BCUT2D eigenvalue weighted by Crippen LogP contribution is 2.08. The second kappa shape index (κ2) is 5.23. The van der Waals surface area contributed by atoms with Gasteiger partial charge in [0.25, 0.3) is 0 Å². The van der Waals surface area contributed by atoms with Crippen LogP contribution in [0.5, 0.6) is 0 Å². The van der Waals surface area contributed by atoms with Gasteiger partial charge in [0, 0.05) is 5.02 Å². The van der Waals surface area contributed by atoms with Crippen molar-refractivity contribution >= 4 is 17.8 Å². The average Bonchev–Trinajstić information content (AvgIpc) is 2.13. The van der Waals surface area contributed by atoms with Crippen molar-refractivity contribution in [1.29, 1.82) is 0 Å². The van der Waals surface area contributed by atoms with E-state index in [1.807, 2.05) is 12.1 Å². The van der Waals surface area contributed by atoms with E-state index >= 15 is 0 Å². The molecule has 0 amide bonds. The largest absolute Gasteiger partial charge is 0.383 e. The summed E-state index contributed by atoms with van der Waals surface area (Å²) in [6, 6.07) is 7.28. The molecule has 0 fully saturated rings. The number of benzene rings is 1. The van der Waals surface area contributed by atoms with Crippen LogP contribution in [-0.2, 0) is 4.84 Å². The number of nitrogens with zero attached hydrogens (tertiary/aromatic N) is 1. The lowest BCUT2D eigenvalue weighted by atomic mass is 10.2. The molecule has 0 aliphatic heterocycles. The molecule has 0 aromatic heterocycles. The summed E-state index contributed by atoms with van der Waals surface area (Å²) >= 11 is 5.75. The van der Waals surface area contributed by atoms with E-state index in [9.17, 15) is 0 Å². The highest BCUT2D eigenvalue weighted by molar-refractivity contribution is 6.30. The van der Waals surface area contributed by atoms with E-state index in [0.29, 0.717) is 5.02 Å². The molecule has 1 aromatic carbocycles. The number of oxime groups is 1. The molecule has 0 bridgehead atoms. The molecule has 13 heavy (non-hydrogen) atoms. The monoisotopic (exact) mass is 193 g/mol. The minimum Gasteiger partial charge on any atom is -0.383 e. The van der Waals surface area contributed by atoms with E-state index in [1.54, 1.807) is 18.3 Å². The molecule has 0 saturated heterocycles. The van der Waals surface area contributed by atoms with Gasteiger partial charge in [-0.25, -0.2) is 0 Å². The Labute approximate surface area is 82.2 Å². The maximum absolute atomic E-state index is 5.75. The summed E-state index contributed by atoms with van der Waals surface area (Å²) in [5.41, 5.74) is 0.879. The number of hydrogen-bond acceptors (Lipinski definition) is 2. The first-order chi connectivity index (χ1) is 6.33. The van der Waals surface area contributed by atoms with Crippen molar-refractivity contribution in [2.45, 2.75) is 0 Å². The fourth-order valence-electron chi connectivity index (χ4n) is 0.760. The molecule has 0 saturated carbocycles. The summed E-state index contributed by atoms with van der Waals surface area (Å²) in [5, 5.41) is 4.31. The normalized spacial score (nSPS) is 9.85. The van der Waals surface area contributed by atoms with E-state index in [0.717, 1.165) is 5.56 Å². The highest BCUT2D eigenvalue weighted by atomic mass is 35.5. The highest BCUT2D eigenvalue weighted by Gasteiger charge is 1.88. The van der Waals surface area contributed by atoms with Crippen molar-refractivity contribution in [2.24, 2.45) is 5.16 Å².